The summed E-state index contributed by atoms with van der Waals surface area (Å²) in [6.45, 7) is 5.81. The van der Waals surface area contributed by atoms with E-state index in [-0.39, 0.29) is 0 Å². The van der Waals surface area contributed by atoms with Crippen LogP contribution in [0.15, 0.2) is 73.3 Å². The quantitative estimate of drug-likeness (QED) is 0.267. The van der Waals surface area contributed by atoms with Gasteiger partial charge in [0.15, 0.2) is 0 Å². The van der Waals surface area contributed by atoms with E-state index >= 15 is 0 Å². The fraction of sp³-hybridized carbons (Fsp3) is 0.250. The number of esters is 1. The summed E-state index contributed by atoms with van der Waals surface area (Å²) in [6, 6.07) is 20.9. The number of hydrogen-bond donors (Lipinski definition) is 0. The molecule has 0 bridgehead atoms. The smallest absolute Gasteiger partial charge is 0.460 e. The van der Waals surface area contributed by atoms with Gasteiger partial charge in [-0.05, 0) is 30.7 Å². The van der Waals surface area contributed by atoms with E-state index in [1.807, 2.05) is 60.7 Å². The Balaban J connectivity index is 2.10. The van der Waals surface area contributed by atoms with Crippen molar-refractivity contribution < 1.29 is 18.4 Å². The van der Waals surface area contributed by atoms with E-state index in [9.17, 15) is 4.79 Å². The number of benzene rings is 2. The molecule has 0 saturated carbocycles. The van der Waals surface area contributed by atoms with Crippen molar-refractivity contribution in [2.45, 2.75) is 25.4 Å². The first-order chi connectivity index (χ1) is 12.2. The Labute approximate surface area is 150 Å². The van der Waals surface area contributed by atoms with Crippen LogP contribution < -0.4 is 8.85 Å². The van der Waals surface area contributed by atoms with Crippen LogP contribution in [0.4, 0.5) is 0 Å². The molecule has 25 heavy (non-hydrogen) atoms. The Morgan fingerprint density at radius 3 is 1.96 bits per heavy atom. The molecule has 132 valence electrons. The lowest BCUT2D eigenvalue weighted by Crippen LogP contribution is -2.48. The molecule has 0 saturated heterocycles. The zero-order valence-electron chi connectivity index (χ0n) is 14.5. The van der Waals surface area contributed by atoms with Crippen LogP contribution in [0.5, 0.6) is 11.5 Å². The molecule has 0 heterocycles. The van der Waals surface area contributed by atoms with Gasteiger partial charge in [0.1, 0.15) is 11.5 Å². The number of para-hydroxylation sites is 2. The molecule has 0 aliphatic rings. The highest BCUT2D eigenvalue weighted by atomic mass is 28.4. The highest BCUT2D eigenvalue weighted by Gasteiger charge is 2.40. The van der Waals surface area contributed by atoms with E-state index in [1.54, 1.807) is 0 Å². The summed E-state index contributed by atoms with van der Waals surface area (Å²) in [6.07, 6.45) is 1.85. The fourth-order valence-corrected chi connectivity index (χ4v) is 5.13. The highest BCUT2D eigenvalue weighted by molar-refractivity contribution is 6.68. The summed E-state index contributed by atoms with van der Waals surface area (Å²) < 4.78 is 17.8. The molecule has 0 aliphatic carbocycles. The number of rotatable bonds is 10. The minimum atomic E-state index is -2.55. The summed E-state index contributed by atoms with van der Waals surface area (Å²) in [5.41, 5.74) is 0. The van der Waals surface area contributed by atoms with Gasteiger partial charge < -0.3 is 13.6 Å². The Morgan fingerprint density at radius 1 is 1.00 bits per heavy atom. The van der Waals surface area contributed by atoms with Crippen LogP contribution in [0.1, 0.15) is 13.3 Å². The van der Waals surface area contributed by atoms with E-state index in [0.717, 1.165) is 23.6 Å². The maximum absolute atomic E-state index is 11.2. The molecule has 0 unspecified atom stereocenters. The van der Waals surface area contributed by atoms with Crippen LogP contribution in [0, 0.1) is 0 Å². The molecule has 0 spiro atoms. The minimum Gasteiger partial charge on any atom is -0.512 e. The normalized spacial score (nSPS) is 10.8. The van der Waals surface area contributed by atoms with Crippen molar-refractivity contribution in [2.75, 3.05) is 6.61 Å². The van der Waals surface area contributed by atoms with E-state index in [1.165, 1.54) is 6.08 Å². The average molecular weight is 356 g/mol. The Morgan fingerprint density at radius 2 is 1.52 bits per heavy atom. The molecule has 0 aliphatic heterocycles. The summed E-state index contributed by atoms with van der Waals surface area (Å²) in [5, 5.41) is 0. The zero-order chi connectivity index (χ0) is 18.0. The third kappa shape index (κ3) is 6.12. The molecule has 0 fully saturated rings. The first-order valence-electron chi connectivity index (χ1n) is 8.45. The van der Waals surface area contributed by atoms with Crippen molar-refractivity contribution in [3.63, 3.8) is 0 Å². The molecule has 2 rings (SSSR count). The van der Waals surface area contributed by atoms with Crippen LogP contribution in [0.25, 0.3) is 0 Å². The average Bonchev–Trinajstić information content (AvgIpc) is 2.66. The number of carbonyl (C=O) groups is 1. The SMILES string of the molecule is C=CC(=O)OCCC[Si](CC)(Oc1ccccc1)Oc1ccccc1. The van der Waals surface area contributed by atoms with Gasteiger partial charge in [0.05, 0.1) is 6.61 Å². The summed E-state index contributed by atoms with van der Waals surface area (Å²) in [4.78, 5) is 11.2. The van der Waals surface area contributed by atoms with Gasteiger partial charge in [-0.25, -0.2) is 4.79 Å². The van der Waals surface area contributed by atoms with Crippen molar-refractivity contribution in [3.05, 3.63) is 73.3 Å². The predicted molar refractivity (Wildman–Crippen MR) is 101 cm³/mol. The molecule has 0 N–H and O–H groups in total. The van der Waals surface area contributed by atoms with Crippen molar-refractivity contribution >= 4 is 14.5 Å². The van der Waals surface area contributed by atoms with Gasteiger partial charge in [-0.3, -0.25) is 0 Å². The maximum atomic E-state index is 11.2. The van der Waals surface area contributed by atoms with Gasteiger partial charge in [-0.1, -0.05) is 49.9 Å². The lowest BCUT2D eigenvalue weighted by atomic mass is 10.3. The van der Waals surface area contributed by atoms with Gasteiger partial charge in [0.2, 0.25) is 0 Å². The number of hydrogen-bond acceptors (Lipinski definition) is 4. The molecular formula is C20H24O4Si. The molecular weight excluding hydrogens is 332 g/mol. The van der Waals surface area contributed by atoms with E-state index in [2.05, 4.69) is 13.5 Å². The van der Waals surface area contributed by atoms with Crippen LogP contribution in [0.3, 0.4) is 0 Å². The molecule has 0 radical (unpaired) electrons. The second-order valence-electron chi connectivity index (χ2n) is 5.57. The molecule has 2 aromatic carbocycles. The molecule has 2 aromatic rings. The Kier molecular flexibility index (Phi) is 7.29. The Hall–Kier alpha value is -2.53. The van der Waals surface area contributed by atoms with Gasteiger partial charge >= 0.3 is 14.5 Å². The molecule has 0 atom stereocenters. The molecule has 5 heteroatoms. The van der Waals surface area contributed by atoms with E-state index in [0.29, 0.717) is 13.0 Å². The van der Waals surface area contributed by atoms with E-state index in [4.69, 9.17) is 13.6 Å². The second kappa shape index (κ2) is 9.69. The topological polar surface area (TPSA) is 44.8 Å². The van der Waals surface area contributed by atoms with Gasteiger partial charge in [-0.15, -0.1) is 0 Å². The largest absolute Gasteiger partial charge is 0.512 e. The zero-order valence-corrected chi connectivity index (χ0v) is 15.5. The van der Waals surface area contributed by atoms with Crippen LogP contribution >= 0.6 is 0 Å². The van der Waals surface area contributed by atoms with Gasteiger partial charge in [0.25, 0.3) is 0 Å². The third-order valence-corrected chi connectivity index (χ3v) is 7.15. The standard InChI is InChI=1S/C20H24O4Si/c1-3-20(21)22-16-11-17-25(4-2,23-18-12-7-5-8-13-18)24-19-14-9-6-10-15-19/h3,5-10,12-15H,1,4,11,16-17H2,2H3. The van der Waals surface area contributed by atoms with Crippen LogP contribution in [-0.4, -0.2) is 21.1 Å². The highest BCUT2D eigenvalue weighted by Crippen LogP contribution is 2.27. The lowest BCUT2D eigenvalue weighted by Gasteiger charge is -2.31. The number of carbonyl (C=O) groups excluding carboxylic acids is 1. The first kappa shape index (κ1) is 18.8. The van der Waals surface area contributed by atoms with Crippen molar-refractivity contribution in [1.29, 1.82) is 0 Å². The summed E-state index contributed by atoms with van der Waals surface area (Å²) in [5.74, 6) is 1.20. The van der Waals surface area contributed by atoms with E-state index < -0.39 is 14.5 Å². The first-order valence-corrected chi connectivity index (χ1v) is 10.7. The minimum absolute atomic E-state index is 0.329. The summed E-state index contributed by atoms with van der Waals surface area (Å²) in [7, 11) is -2.55. The van der Waals surface area contributed by atoms with Crippen molar-refractivity contribution in [3.8, 4) is 11.5 Å². The van der Waals surface area contributed by atoms with Crippen LogP contribution in [0.2, 0.25) is 12.1 Å². The molecule has 4 nitrogen and oxygen atoms in total. The maximum Gasteiger partial charge on any atom is 0.460 e. The lowest BCUT2D eigenvalue weighted by molar-refractivity contribution is -0.137. The van der Waals surface area contributed by atoms with Gasteiger partial charge in [0, 0.05) is 18.2 Å². The van der Waals surface area contributed by atoms with Crippen molar-refractivity contribution in [1.82, 2.24) is 0 Å². The second-order valence-corrected chi connectivity index (χ2v) is 9.01. The van der Waals surface area contributed by atoms with Crippen molar-refractivity contribution in [2.24, 2.45) is 0 Å². The predicted octanol–water partition coefficient (Wildman–Crippen LogP) is 4.73. The van der Waals surface area contributed by atoms with Crippen LogP contribution in [-0.2, 0) is 9.53 Å². The molecule has 0 aromatic heterocycles. The molecule has 0 amide bonds. The van der Waals surface area contributed by atoms with Gasteiger partial charge in [-0.2, -0.15) is 0 Å². The fourth-order valence-electron chi connectivity index (χ4n) is 2.42. The Bertz CT molecular complexity index is 616. The monoisotopic (exact) mass is 356 g/mol. The summed E-state index contributed by atoms with van der Waals surface area (Å²) >= 11 is 0. The number of ether oxygens (including phenoxy) is 1. The third-order valence-electron chi connectivity index (χ3n) is 3.75.